The largest absolute Gasteiger partial charge is 0.465 e. The molecule has 0 unspecified atom stereocenters. The molecule has 152 valence electrons. The third-order valence-corrected chi connectivity index (χ3v) is 6.41. The SMILES string of the molecule is Cc1ccc(S(=O)(=O)Nc2ccccc2[C@H](c2ccccc2)c2ccc(C)o2)cc1. The van der Waals surface area contributed by atoms with Crippen LogP contribution in [0.15, 0.2) is 100 Å². The summed E-state index contributed by atoms with van der Waals surface area (Å²) in [6.07, 6.45) is 0. The average Bonchev–Trinajstić information content (AvgIpc) is 3.16. The summed E-state index contributed by atoms with van der Waals surface area (Å²) in [6.45, 7) is 3.83. The van der Waals surface area contributed by atoms with Gasteiger partial charge in [-0.3, -0.25) is 4.72 Å². The Morgan fingerprint density at radius 3 is 2.10 bits per heavy atom. The van der Waals surface area contributed by atoms with Gasteiger partial charge in [-0.05, 0) is 55.3 Å². The monoisotopic (exact) mass is 417 g/mol. The molecule has 1 atom stereocenters. The van der Waals surface area contributed by atoms with E-state index in [0.29, 0.717) is 5.69 Å². The molecule has 4 rings (SSSR count). The van der Waals surface area contributed by atoms with Crippen molar-refractivity contribution in [3.05, 3.63) is 119 Å². The van der Waals surface area contributed by atoms with E-state index in [0.717, 1.165) is 28.2 Å². The highest BCUT2D eigenvalue weighted by atomic mass is 32.2. The van der Waals surface area contributed by atoms with E-state index >= 15 is 0 Å². The maximum atomic E-state index is 13.0. The molecule has 1 heterocycles. The van der Waals surface area contributed by atoms with Crippen LogP contribution in [0.3, 0.4) is 0 Å². The summed E-state index contributed by atoms with van der Waals surface area (Å²) >= 11 is 0. The number of aryl methyl sites for hydroxylation is 2. The zero-order valence-corrected chi connectivity index (χ0v) is 17.7. The third-order valence-electron chi connectivity index (χ3n) is 5.03. The van der Waals surface area contributed by atoms with Gasteiger partial charge in [0.25, 0.3) is 10.0 Å². The van der Waals surface area contributed by atoms with Gasteiger partial charge in [0.05, 0.1) is 16.5 Å². The molecule has 0 aliphatic heterocycles. The van der Waals surface area contributed by atoms with Crippen molar-refractivity contribution in [2.45, 2.75) is 24.7 Å². The van der Waals surface area contributed by atoms with Crippen LogP contribution < -0.4 is 4.72 Å². The first kappa shape index (κ1) is 20.0. The van der Waals surface area contributed by atoms with E-state index in [4.69, 9.17) is 4.42 Å². The molecule has 3 aromatic carbocycles. The van der Waals surface area contributed by atoms with Gasteiger partial charge >= 0.3 is 0 Å². The van der Waals surface area contributed by atoms with E-state index in [1.54, 1.807) is 30.3 Å². The molecule has 0 radical (unpaired) electrons. The van der Waals surface area contributed by atoms with Crippen molar-refractivity contribution in [2.75, 3.05) is 4.72 Å². The van der Waals surface area contributed by atoms with Crippen molar-refractivity contribution in [3.63, 3.8) is 0 Å². The summed E-state index contributed by atoms with van der Waals surface area (Å²) in [6, 6.07) is 28.1. The van der Waals surface area contributed by atoms with Crippen LogP contribution in [-0.2, 0) is 10.0 Å². The summed E-state index contributed by atoms with van der Waals surface area (Å²) < 4.78 is 34.8. The van der Waals surface area contributed by atoms with Gasteiger partial charge in [-0.15, -0.1) is 0 Å². The van der Waals surface area contributed by atoms with Crippen molar-refractivity contribution in [2.24, 2.45) is 0 Å². The molecule has 4 aromatic rings. The highest BCUT2D eigenvalue weighted by molar-refractivity contribution is 7.92. The molecule has 5 heteroatoms. The van der Waals surface area contributed by atoms with Crippen LogP contribution in [0.5, 0.6) is 0 Å². The number of nitrogens with one attached hydrogen (secondary N) is 1. The third kappa shape index (κ3) is 4.16. The molecule has 0 amide bonds. The van der Waals surface area contributed by atoms with Crippen molar-refractivity contribution in [3.8, 4) is 0 Å². The van der Waals surface area contributed by atoms with Crippen LogP contribution in [0.25, 0.3) is 0 Å². The molecule has 0 bridgehead atoms. The number of para-hydroxylation sites is 1. The first-order chi connectivity index (χ1) is 14.4. The smallest absolute Gasteiger partial charge is 0.261 e. The summed E-state index contributed by atoms with van der Waals surface area (Å²) in [7, 11) is -3.73. The first-order valence-electron chi connectivity index (χ1n) is 9.74. The van der Waals surface area contributed by atoms with Gasteiger partial charge in [-0.1, -0.05) is 66.2 Å². The number of furan rings is 1. The minimum Gasteiger partial charge on any atom is -0.465 e. The summed E-state index contributed by atoms with van der Waals surface area (Å²) in [5.41, 5.74) is 3.38. The van der Waals surface area contributed by atoms with E-state index in [9.17, 15) is 8.42 Å². The molecule has 1 aromatic heterocycles. The van der Waals surface area contributed by atoms with Gasteiger partial charge in [0, 0.05) is 0 Å². The molecule has 0 aliphatic carbocycles. The first-order valence-corrected chi connectivity index (χ1v) is 11.2. The molecule has 30 heavy (non-hydrogen) atoms. The zero-order valence-electron chi connectivity index (χ0n) is 16.9. The molecular formula is C25H23NO3S. The maximum Gasteiger partial charge on any atom is 0.261 e. The lowest BCUT2D eigenvalue weighted by Crippen LogP contribution is -2.15. The van der Waals surface area contributed by atoms with E-state index in [-0.39, 0.29) is 10.8 Å². The van der Waals surface area contributed by atoms with Crippen molar-refractivity contribution < 1.29 is 12.8 Å². The van der Waals surface area contributed by atoms with Crippen LogP contribution in [0, 0.1) is 13.8 Å². The predicted molar refractivity (Wildman–Crippen MR) is 119 cm³/mol. The van der Waals surface area contributed by atoms with Crippen molar-refractivity contribution in [1.29, 1.82) is 0 Å². The van der Waals surface area contributed by atoms with Gasteiger partial charge in [0.15, 0.2) is 0 Å². The number of benzene rings is 3. The summed E-state index contributed by atoms with van der Waals surface area (Å²) in [5, 5.41) is 0. The van der Waals surface area contributed by atoms with Crippen LogP contribution in [0.1, 0.15) is 34.1 Å². The Morgan fingerprint density at radius 1 is 0.767 bits per heavy atom. The minimum atomic E-state index is -3.73. The van der Waals surface area contributed by atoms with E-state index in [1.165, 1.54) is 0 Å². The van der Waals surface area contributed by atoms with Gasteiger partial charge in [-0.2, -0.15) is 0 Å². The predicted octanol–water partition coefficient (Wildman–Crippen LogP) is 5.88. The van der Waals surface area contributed by atoms with E-state index in [2.05, 4.69) is 4.72 Å². The fourth-order valence-electron chi connectivity index (χ4n) is 3.51. The van der Waals surface area contributed by atoms with Gasteiger partial charge in [0.2, 0.25) is 0 Å². The zero-order chi connectivity index (χ0) is 21.1. The van der Waals surface area contributed by atoms with Gasteiger partial charge in [0.1, 0.15) is 11.5 Å². The van der Waals surface area contributed by atoms with Crippen LogP contribution in [0.2, 0.25) is 0 Å². The minimum absolute atomic E-state index is 0.230. The molecule has 0 aliphatic rings. The number of rotatable bonds is 6. The average molecular weight is 418 g/mol. The van der Waals surface area contributed by atoms with Crippen molar-refractivity contribution >= 4 is 15.7 Å². The second-order valence-electron chi connectivity index (χ2n) is 7.30. The lowest BCUT2D eigenvalue weighted by Gasteiger charge is -2.20. The van der Waals surface area contributed by atoms with Gasteiger partial charge in [-0.25, -0.2) is 8.42 Å². The fraction of sp³-hybridized carbons (Fsp3) is 0.120. The molecule has 1 N–H and O–H groups in total. The maximum absolute atomic E-state index is 13.0. The Hall–Kier alpha value is -3.31. The number of hydrogen-bond donors (Lipinski definition) is 1. The topological polar surface area (TPSA) is 59.3 Å². The molecule has 0 saturated heterocycles. The molecular weight excluding hydrogens is 394 g/mol. The quantitative estimate of drug-likeness (QED) is 0.426. The summed E-state index contributed by atoms with van der Waals surface area (Å²) in [5.74, 6) is 1.33. The van der Waals surface area contributed by atoms with Crippen LogP contribution >= 0.6 is 0 Å². The Morgan fingerprint density at radius 2 is 1.43 bits per heavy atom. The van der Waals surface area contributed by atoms with E-state index < -0.39 is 10.0 Å². The number of hydrogen-bond acceptors (Lipinski definition) is 3. The normalized spacial score (nSPS) is 12.5. The molecule has 0 saturated carbocycles. The second kappa shape index (κ2) is 8.20. The standard InChI is InChI=1S/C25H23NO3S/c1-18-12-15-21(16-13-18)30(27,28)26-23-11-7-6-10-22(23)25(20-8-4-3-5-9-20)24-17-14-19(2)29-24/h3-17,25-26H,1-2H3/t25-/m0/s1. The van der Waals surface area contributed by atoms with Crippen LogP contribution in [-0.4, -0.2) is 8.42 Å². The highest BCUT2D eigenvalue weighted by Gasteiger charge is 2.24. The molecule has 4 nitrogen and oxygen atoms in total. The summed E-state index contributed by atoms with van der Waals surface area (Å²) in [4.78, 5) is 0.230. The van der Waals surface area contributed by atoms with E-state index in [1.807, 2.05) is 74.5 Å². The Labute approximate surface area is 177 Å². The van der Waals surface area contributed by atoms with Crippen LogP contribution in [0.4, 0.5) is 5.69 Å². The molecule has 0 spiro atoms. The highest BCUT2D eigenvalue weighted by Crippen LogP contribution is 2.37. The van der Waals surface area contributed by atoms with Crippen molar-refractivity contribution in [1.82, 2.24) is 0 Å². The molecule has 0 fully saturated rings. The Bertz CT molecular complexity index is 1240. The Kier molecular flexibility index (Phi) is 5.46. The number of anilines is 1. The Balaban J connectivity index is 1.80. The second-order valence-corrected chi connectivity index (χ2v) is 8.98. The fourth-order valence-corrected chi connectivity index (χ4v) is 4.60. The number of sulfonamides is 1. The lowest BCUT2D eigenvalue weighted by atomic mass is 9.88. The van der Waals surface area contributed by atoms with Gasteiger partial charge < -0.3 is 4.42 Å². The lowest BCUT2D eigenvalue weighted by molar-refractivity contribution is 0.478.